The van der Waals surface area contributed by atoms with Crippen molar-refractivity contribution in [3.63, 3.8) is 0 Å². The van der Waals surface area contributed by atoms with Gasteiger partial charge in [0.2, 0.25) is 0 Å². The van der Waals surface area contributed by atoms with E-state index in [-0.39, 0.29) is 35.7 Å². The molecule has 0 aliphatic heterocycles. The van der Waals surface area contributed by atoms with E-state index in [1.165, 1.54) is 47.7 Å². The van der Waals surface area contributed by atoms with E-state index in [1.54, 1.807) is 11.3 Å². The maximum atomic E-state index is 12.1. The molecule has 1 heterocycles. The van der Waals surface area contributed by atoms with Crippen molar-refractivity contribution in [1.82, 2.24) is 4.98 Å². The molecule has 10 heteroatoms. The van der Waals surface area contributed by atoms with E-state index in [2.05, 4.69) is 15.0 Å². The topological polar surface area (TPSA) is 72.5 Å². The summed E-state index contributed by atoms with van der Waals surface area (Å²) in [6.07, 6.45) is 1.73. The molecule has 1 aliphatic carbocycles. The van der Waals surface area contributed by atoms with Gasteiger partial charge in [0, 0.05) is 23.5 Å². The molecule has 0 radical (unpaired) electrons. The number of alkyl halides is 3. The van der Waals surface area contributed by atoms with Crippen LogP contribution in [0.2, 0.25) is 0 Å². The number of hydrogen-bond donors (Lipinski definition) is 2. The SMILES string of the molecule is I.NC(=NCCCc1nc2c(s1)CCCC2)Nc1ccc(OC(F)(F)F)cc1. The predicted molar refractivity (Wildman–Crippen MR) is 116 cm³/mol. The number of hydrogen-bond acceptors (Lipinski definition) is 4. The van der Waals surface area contributed by atoms with Crippen LogP contribution in [0.15, 0.2) is 29.3 Å². The van der Waals surface area contributed by atoms with Gasteiger partial charge in [-0.2, -0.15) is 0 Å². The highest BCUT2D eigenvalue weighted by Crippen LogP contribution is 2.27. The summed E-state index contributed by atoms with van der Waals surface area (Å²) in [6, 6.07) is 5.33. The first-order valence-corrected chi connectivity index (χ1v) is 9.61. The molecule has 0 amide bonds. The Labute approximate surface area is 182 Å². The van der Waals surface area contributed by atoms with Crippen LogP contribution in [0.5, 0.6) is 5.75 Å². The van der Waals surface area contributed by atoms with Crippen LogP contribution in [0.4, 0.5) is 18.9 Å². The number of aromatic nitrogens is 1. The summed E-state index contributed by atoms with van der Waals surface area (Å²) >= 11 is 1.80. The second-order valence-corrected chi connectivity index (χ2v) is 7.42. The van der Waals surface area contributed by atoms with Crippen molar-refractivity contribution in [2.45, 2.75) is 44.9 Å². The number of nitrogens with zero attached hydrogens (tertiary/aromatic N) is 2. The first kappa shape index (κ1) is 22.7. The molecule has 5 nitrogen and oxygen atoms in total. The number of aryl methyl sites for hydroxylation is 3. The first-order chi connectivity index (χ1) is 12.9. The molecule has 2 aromatic rings. The minimum absolute atomic E-state index is 0. The summed E-state index contributed by atoms with van der Waals surface area (Å²) in [7, 11) is 0. The number of nitrogens with one attached hydrogen (secondary N) is 1. The van der Waals surface area contributed by atoms with Crippen molar-refractivity contribution < 1.29 is 17.9 Å². The standard InChI is InChI=1S/C18H21F3N4OS.HI/c19-18(20,21)26-13-9-7-12(8-10-13)24-17(22)23-11-3-6-16-25-14-4-1-2-5-15(14)27-16;/h7-10H,1-6,11H2,(H3,22,23,24);1H. The van der Waals surface area contributed by atoms with E-state index < -0.39 is 6.36 Å². The molecule has 1 aromatic heterocycles. The number of nitrogens with two attached hydrogens (primary N) is 1. The zero-order chi connectivity index (χ0) is 19.3. The molecule has 0 fully saturated rings. The highest BCUT2D eigenvalue weighted by atomic mass is 127. The maximum Gasteiger partial charge on any atom is 0.573 e. The second kappa shape index (κ2) is 10.3. The Morgan fingerprint density at radius 2 is 1.93 bits per heavy atom. The van der Waals surface area contributed by atoms with Crippen molar-refractivity contribution in [2.24, 2.45) is 10.7 Å². The van der Waals surface area contributed by atoms with Crippen LogP contribution in [0.3, 0.4) is 0 Å². The van der Waals surface area contributed by atoms with Gasteiger partial charge in [-0.3, -0.25) is 4.99 Å². The minimum atomic E-state index is -4.70. The van der Waals surface area contributed by atoms with E-state index >= 15 is 0 Å². The second-order valence-electron chi connectivity index (χ2n) is 6.25. The van der Waals surface area contributed by atoms with Crippen LogP contribution < -0.4 is 15.8 Å². The molecule has 0 unspecified atom stereocenters. The van der Waals surface area contributed by atoms with Crippen LogP contribution in [0.1, 0.15) is 34.8 Å². The normalized spacial score (nSPS) is 14.2. The molecule has 0 atom stereocenters. The highest BCUT2D eigenvalue weighted by molar-refractivity contribution is 14.0. The van der Waals surface area contributed by atoms with Gasteiger partial charge in [0.15, 0.2) is 5.96 Å². The molecule has 1 aliphatic rings. The van der Waals surface area contributed by atoms with Gasteiger partial charge in [0.25, 0.3) is 0 Å². The summed E-state index contributed by atoms with van der Waals surface area (Å²) in [5.41, 5.74) is 7.63. The molecular formula is C18H22F3IN4OS. The molecule has 3 N–H and O–H groups in total. The molecule has 0 spiro atoms. The van der Waals surface area contributed by atoms with Gasteiger partial charge in [-0.15, -0.1) is 48.5 Å². The van der Waals surface area contributed by atoms with Crippen molar-refractivity contribution in [2.75, 3.05) is 11.9 Å². The van der Waals surface area contributed by atoms with E-state index in [4.69, 9.17) is 10.7 Å². The van der Waals surface area contributed by atoms with E-state index in [1.807, 2.05) is 0 Å². The Morgan fingerprint density at radius 3 is 2.61 bits per heavy atom. The van der Waals surface area contributed by atoms with E-state index in [9.17, 15) is 13.2 Å². The summed E-state index contributed by atoms with van der Waals surface area (Å²) < 4.78 is 40.2. The number of thiazole rings is 1. The Morgan fingerprint density at radius 1 is 1.21 bits per heavy atom. The summed E-state index contributed by atoms with van der Waals surface area (Å²) in [4.78, 5) is 10.4. The number of halogens is 4. The number of benzene rings is 1. The average Bonchev–Trinajstić information content (AvgIpc) is 3.02. The number of fused-ring (bicyclic) bond motifs is 1. The number of anilines is 1. The quantitative estimate of drug-likeness (QED) is 0.243. The number of aliphatic imine (C=N–C) groups is 1. The Hall–Kier alpha value is -1.56. The molecule has 1 aromatic carbocycles. The van der Waals surface area contributed by atoms with E-state index in [0.717, 1.165) is 30.7 Å². The number of ether oxygens (including phenoxy) is 1. The third kappa shape index (κ3) is 7.12. The van der Waals surface area contributed by atoms with Gasteiger partial charge in [-0.05, 0) is 56.4 Å². The molecule has 28 heavy (non-hydrogen) atoms. The fourth-order valence-electron chi connectivity index (χ4n) is 2.87. The lowest BCUT2D eigenvalue weighted by Gasteiger charge is -2.10. The van der Waals surface area contributed by atoms with Gasteiger partial charge in [0.1, 0.15) is 5.75 Å². The molecule has 154 valence electrons. The third-order valence-electron chi connectivity index (χ3n) is 4.08. The van der Waals surface area contributed by atoms with Crippen LogP contribution in [0.25, 0.3) is 0 Å². The zero-order valence-corrected chi connectivity index (χ0v) is 18.2. The Bertz CT molecular complexity index is 770. The first-order valence-electron chi connectivity index (χ1n) is 8.79. The van der Waals surface area contributed by atoms with Gasteiger partial charge < -0.3 is 15.8 Å². The molecule has 0 saturated heterocycles. The van der Waals surface area contributed by atoms with Crippen LogP contribution in [-0.4, -0.2) is 23.9 Å². The van der Waals surface area contributed by atoms with Crippen LogP contribution in [-0.2, 0) is 19.3 Å². The number of rotatable bonds is 6. The Kier molecular flexibility index (Phi) is 8.35. The van der Waals surface area contributed by atoms with Crippen molar-refractivity contribution in [3.05, 3.63) is 39.8 Å². The number of guanidine groups is 1. The summed E-state index contributed by atoms with van der Waals surface area (Å²) in [5, 5.41) is 4.00. The predicted octanol–water partition coefficient (Wildman–Crippen LogP) is 4.90. The zero-order valence-electron chi connectivity index (χ0n) is 15.1. The van der Waals surface area contributed by atoms with E-state index in [0.29, 0.717) is 12.2 Å². The lowest BCUT2D eigenvalue weighted by Crippen LogP contribution is -2.23. The fourth-order valence-corrected chi connectivity index (χ4v) is 4.07. The van der Waals surface area contributed by atoms with Crippen LogP contribution in [0, 0.1) is 0 Å². The van der Waals surface area contributed by atoms with Gasteiger partial charge in [-0.1, -0.05) is 0 Å². The van der Waals surface area contributed by atoms with Gasteiger partial charge in [-0.25, -0.2) is 4.98 Å². The third-order valence-corrected chi connectivity index (χ3v) is 5.30. The Balaban J connectivity index is 0.00000280. The monoisotopic (exact) mass is 526 g/mol. The molecular weight excluding hydrogens is 504 g/mol. The average molecular weight is 526 g/mol. The van der Waals surface area contributed by atoms with Crippen molar-refractivity contribution in [1.29, 1.82) is 0 Å². The van der Waals surface area contributed by atoms with Crippen molar-refractivity contribution >= 4 is 47.0 Å². The lowest BCUT2D eigenvalue weighted by molar-refractivity contribution is -0.274. The fraction of sp³-hybridized carbons (Fsp3) is 0.444. The smallest absolute Gasteiger partial charge is 0.406 e. The summed E-state index contributed by atoms with van der Waals surface area (Å²) in [6.45, 7) is 0.554. The van der Waals surface area contributed by atoms with Crippen molar-refractivity contribution in [3.8, 4) is 5.75 Å². The largest absolute Gasteiger partial charge is 0.573 e. The minimum Gasteiger partial charge on any atom is -0.406 e. The maximum absolute atomic E-state index is 12.1. The highest BCUT2D eigenvalue weighted by Gasteiger charge is 2.30. The molecule has 0 bridgehead atoms. The van der Waals surface area contributed by atoms with Gasteiger partial charge in [0.05, 0.1) is 10.7 Å². The summed E-state index contributed by atoms with van der Waals surface area (Å²) in [5.74, 6) is -0.0624. The molecule has 0 saturated carbocycles. The van der Waals surface area contributed by atoms with Gasteiger partial charge >= 0.3 is 6.36 Å². The van der Waals surface area contributed by atoms with Crippen LogP contribution >= 0.6 is 35.3 Å². The lowest BCUT2D eigenvalue weighted by atomic mass is 10.0. The molecule has 3 rings (SSSR count).